The third-order valence-corrected chi connectivity index (χ3v) is 6.10. The van der Waals surface area contributed by atoms with Gasteiger partial charge in [-0.25, -0.2) is 9.78 Å². The number of esters is 1. The third-order valence-electron chi connectivity index (χ3n) is 3.89. The predicted molar refractivity (Wildman–Crippen MR) is 104 cm³/mol. The van der Waals surface area contributed by atoms with Gasteiger partial charge in [0.15, 0.2) is 10.2 Å². The van der Waals surface area contributed by atoms with Crippen LogP contribution in [0.3, 0.4) is 0 Å². The minimum atomic E-state index is -0.372. The molecule has 3 rings (SSSR count). The maximum Gasteiger partial charge on any atom is 0.340 e. The summed E-state index contributed by atoms with van der Waals surface area (Å²) in [6.45, 7) is 4.21. The molecule has 2 aromatic rings. The van der Waals surface area contributed by atoms with Crippen LogP contribution in [0, 0.1) is 12.8 Å². The first kappa shape index (κ1) is 17.3. The summed E-state index contributed by atoms with van der Waals surface area (Å²) >= 11 is 8.50. The van der Waals surface area contributed by atoms with Crippen LogP contribution < -0.4 is 10.6 Å². The Morgan fingerprint density at radius 1 is 1.42 bits per heavy atom. The van der Waals surface area contributed by atoms with E-state index in [0.717, 1.165) is 22.9 Å². The van der Waals surface area contributed by atoms with Gasteiger partial charge < -0.3 is 15.4 Å². The molecule has 8 heteroatoms. The zero-order chi connectivity index (χ0) is 17.3. The van der Waals surface area contributed by atoms with Gasteiger partial charge in [0.2, 0.25) is 0 Å². The van der Waals surface area contributed by atoms with Gasteiger partial charge in [-0.05, 0) is 50.4 Å². The average molecular weight is 382 g/mol. The summed E-state index contributed by atoms with van der Waals surface area (Å²) in [6, 6.07) is 1.80. The molecule has 0 saturated carbocycles. The van der Waals surface area contributed by atoms with Crippen molar-refractivity contribution in [1.82, 2.24) is 4.98 Å². The van der Waals surface area contributed by atoms with Gasteiger partial charge in [0.05, 0.1) is 18.4 Å². The van der Waals surface area contributed by atoms with Crippen LogP contribution in [0.15, 0.2) is 6.07 Å². The van der Waals surface area contributed by atoms with Crippen molar-refractivity contribution in [1.29, 1.82) is 0 Å². The molecule has 24 heavy (non-hydrogen) atoms. The standard InChI is InChI=1S/C16H19N3O2S3/c1-8-4-5-11-12(6-8)24-16(17-11)19-15(22)18-13-10(14(20)21-3)7-9(2)23-13/h7-8H,4-6H2,1-3H3,(H2,17,18,19,22). The Kier molecular flexibility index (Phi) is 5.17. The van der Waals surface area contributed by atoms with Crippen molar-refractivity contribution < 1.29 is 9.53 Å². The number of rotatable bonds is 3. The molecule has 1 atom stereocenters. The zero-order valence-corrected chi connectivity index (χ0v) is 16.2. The van der Waals surface area contributed by atoms with Crippen molar-refractivity contribution in [3.63, 3.8) is 0 Å². The number of carbonyl (C=O) groups excluding carboxylic acids is 1. The molecule has 128 valence electrons. The second-order valence-electron chi connectivity index (χ2n) is 5.91. The Hall–Kier alpha value is -1.51. The molecule has 2 aromatic heterocycles. The van der Waals surface area contributed by atoms with Crippen LogP contribution in [-0.4, -0.2) is 23.2 Å². The second-order valence-corrected chi connectivity index (χ2v) is 8.66. The first-order valence-electron chi connectivity index (χ1n) is 7.71. The number of thiophene rings is 1. The third kappa shape index (κ3) is 3.76. The van der Waals surface area contributed by atoms with Gasteiger partial charge in [0, 0.05) is 9.75 Å². The number of methoxy groups -OCH3 is 1. The lowest BCUT2D eigenvalue weighted by molar-refractivity contribution is 0.0602. The number of hydrogen-bond donors (Lipinski definition) is 2. The van der Waals surface area contributed by atoms with E-state index in [1.54, 1.807) is 17.4 Å². The molecule has 1 aliphatic carbocycles. The summed E-state index contributed by atoms with van der Waals surface area (Å²) in [4.78, 5) is 18.8. The highest BCUT2D eigenvalue weighted by molar-refractivity contribution is 7.80. The highest BCUT2D eigenvalue weighted by atomic mass is 32.1. The number of fused-ring (bicyclic) bond motifs is 1. The molecule has 0 saturated heterocycles. The van der Waals surface area contributed by atoms with E-state index in [1.807, 2.05) is 6.92 Å². The van der Waals surface area contributed by atoms with Gasteiger partial charge in [0.25, 0.3) is 0 Å². The van der Waals surface area contributed by atoms with Gasteiger partial charge in [-0.15, -0.1) is 22.7 Å². The van der Waals surface area contributed by atoms with Crippen LogP contribution in [0.1, 0.15) is 39.2 Å². The molecule has 2 N–H and O–H groups in total. The van der Waals surface area contributed by atoms with E-state index in [-0.39, 0.29) is 5.97 Å². The van der Waals surface area contributed by atoms with Gasteiger partial charge in [-0.2, -0.15) is 0 Å². The fourth-order valence-corrected chi connectivity index (χ4v) is 5.10. The fourth-order valence-electron chi connectivity index (χ4n) is 2.69. The molecule has 0 radical (unpaired) electrons. The second kappa shape index (κ2) is 7.16. The van der Waals surface area contributed by atoms with E-state index in [1.165, 1.54) is 35.4 Å². The van der Waals surface area contributed by atoms with Crippen LogP contribution in [-0.2, 0) is 17.6 Å². The molecule has 0 bridgehead atoms. The molecule has 0 aromatic carbocycles. The van der Waals surface area contributed by atoms with Crippen molar-refractivity contribution in [3.8, 4) is 0 Å². The van der Waals surface area contributed by atoms with Crippen molar-refractivity contribution in [3.05, 3.63) is 27.1 Å². The van der Waals surface area contributed by atoms with Crippen LogP contribution in [0.2, 0.25) is 0 Å². The molecule has 0 amide bonds. The number of carbonyl (C=O) groups is 1. The van der Waals surface area contributed by atoms with Crippen LogP contribution >= 0.6 is 34.9 Å². The van der Waals surface area contributed by atoms with Crippen molar-refractivity contribution in [2.45, 2.75) is 33.1 Å². The Labute approximate surface area is 154 Å². The van der Waals surface area contributed by atoms with Gasteiger partial charge in [-0.3, -0.25) is 0 Å². The molecule has 0 fully saturated rings. The maximum absolute atomic E-state index is 11.8. The summed E-state index contributed by atoms with van der Waals surface area (Å²) in [7, 11) is 1.37. The van der Waals surface area contributed by atoms with E-state index in [9.17, 15) is 4.79 Å². The molecular formula is C16H19N3O2S3. The molecule has 1 unspecified atom stereocenters. The molecule has 0 aliphatic heterocycles. The van der Waals surface area contributed by atoms with Crippen molar-refractivity contribution in [2.24, 2.45) is 5.92 Å². The summed E-state index contributed by atoms with van der Waals surface area (Å²) in [5.74, 6) is 0.343. The van der Waals surface area contributed by atoms with E-state index >= 15 is 0 Å². The average Bonchev–Trinajstić information content (AvgIpc) is 3.08. The zero-order valence-electron chi connectivity index (χ0n) is 13.8. The molecular weight excluding hydrogens is 362 g/mol. The monoisotopic (exact) mass is 381 g/mol. The number of hydrogen-bond acceptors (Lipinski definition) is 6. The topological polar surface area (TPSA) is 63.2 Å². The lowest BCUT2D eigenvalue weighted by Gasteiger charge is -2.15. The fraction of sp³-hybridized carbons (Fsp3) is 0.438. The number of aromatic nitrogens is 1. The first-order chi connectivity index (χ1) is 11.5. The Bertz CT molecular complexity index is 782. The minimum absolute atomic E-state index is 0.372. The SMILES string of the molecule is COC(=O)c1cc(C)sc1NC(=S)Nc1nc2c(s1)CC(C)CC2. The predicted octanol–water partition coefficient (Wildman–Crippen LogP) is 4.23. The Morgan fingerprint density at radius 3 is 2.96 bits per heavy atom. The van der Waals surface area contributed by atoms with Crippen molar-refractivity contribution in [2.75, 3.05) is 17.7 Å². The molecule has 1 aliphatic rings. The highest BCUT2D eigenvalue weighted by Crippen LogP contribution is 2.32. The van der Waals surface area contributed by atoms with Gasteiger partial charge >= 0.3 is 5.97 Å². The summed E-state index contributed by atoms with van der Waals surface area (Å²) in [6.07, 6.45) is 3.31. The van der Waals surface area contributed by atoms with E-state index in [4.69, 9.17) is 17.0 Å². The Morgan fingerprint density at radius 2 is 2.21 bits per heavy atom. The summed E-state index contributed by atoms with van der Waals surface area (Å²) in [5, 5.41) is 8.15. The van der Waals surface area contributed by atoms with E-state index in [2.05, 4.69) is 22.5 Å². The summed E-state index contributed by atoms with van der Waals surface area (Å²) in [5.41, 5.74) is 1.68. The number of nitrogens with zero attached hydrogens (tertiary/aromatic N) is 1. The number of ether oxygens (including phenoxy) is 1. The highest BCUT2D eigenvalue weighted by Gasteiger charge is 2.21. The minimum Gasteiger partial charge on any atom is -0.465 e. The first-order valence-corrected chi connectivity index (χ1v) is 9.75. The number of thiocarbonyl (C=S) groups is 1. The molecule has 0 spiro atoms. The lowest BCUT2D eigenvalue weighted by Crippen LogP contribution is -2.19. The maximum atomic E-state index is 11.8. The van der Waals surface area contributed by atoms with Gasteiger partial charge in [0.1, 0.15) is 5.00 Å². The molecule has 2 heterocycles. The van der Waals surface area contributed by atoms with Crippen LogP contribution in [0.5, 0.6) is 0 Å². The summed E-state index contributed by atoms with van der Waals surface area (Å²) < 4.78 is 4.81. The quantitative estimate of drug-likeness (QED) is 0.613. The van der Waals surface area contributed by atoms with Crippen LogP contribution in [0.4, 0.5) is 10.1 Å². The van der Waals surface area contributed by atoms with E-state index in [0.29, 0.717) is 21.6 Å². The lowest BCUT2D eigenvalue weighted by atomic mass is 9.93. The molecule has 5 nitrogen and oxygen atoms in total. The number of aryl methyl sites for hydroxylation is 2. The number of anilines is 2. The smallest absolute Gasteiger partial charge is 0.340 e. The number of thiazole rings is 1. The largest absolute Gasteiger partial charge is 0.465 e. The normalized spacial score (nSPS) is 16.4. The number of nitrogens with one attached hydrogen (secondary N) is 2. The van der Waals surface area contributed by atoms with E-state index < -0.39 is 0 Å². The Balaban J connectivity index is 1.69. The van der Waals surface area contributed by atoms with Gasteiger partial charge in [-0.1, -0.05) is 6.92 Å². The van der Waals surface area contributed by atoms with Crippen LogP contribution in [0.25, 0.3) is 0 Å². The van der Waals surface area contributed by atoms with Crippen molar-refractivity contribution >= 4 is 56.1 Å².